The van der Waals surface area contributed by atoms with Crippen molar-refractivity contribution in [3.63, 3.8) is 0 Å². The lowest BCUT2D eigenvalue weighted by Gasteiger charge is -2.26. The highest BCUT2D eigenvalue weighted by molar-refractivity contribution is 5.84. The molecule has 2 heterocycles. The summed E-state index contributed by atoms with van der Waals surface area (Å²) in [4.78, 5) is 13.7. The molecule has 1 N–H and O–H groups in total. The van der Waals surface area contributed by atoms with Crippen LogP contribution in [0.1, 0.15) is 19.4 Å². The lowest BCUT2D eigenvalue weighted by Crippen LogP contribution is -2.39. The van der Waals surface area contributed by atoms with Gasteiger partial charge in [-0.25, -0.2) is 0 Å². The Morgan fingerprint density at radius 3 is 2.52 bits per heavy atom. The molecule has 0 radical (unpaired) electrons. The summed E-state index contributed by atoms with van der Waals surface area (Å²) in [6.45, 7) is 3.78. The summed E-state index contributed by atoms with van der Waals surface area (Å²) in [5.41, 5.74) is 0.905. The number of rotatable bonds is 3. The fourth-order valence-corrected chi connectivity index (χ4v) is 2.77. The third-order valence-electron chi connectivity index (χ3n) is 3.78. The Labute approximate surface area is 123 Å². The van der Waals surface area contributed by atoms with E-state index in [0.29, 0.717) is 6.54 Å². The number of aliphatic hydroxyl groups excluding tert-OH is 1. The SMILES string of the molecule is COc1ccc(CN2C(=O)[C@H]3OC(C)(C)O[C@H]3C2O)cc1. The highest BCUT2D eigenvalue weighted by atomic mass is 16.8. The largest absolute Gasteiger partial charge is 0.497 e. The van der Waals surface area contributed by atoms with Crippen molar-refractivity contribution in [1.29, 1.82) is 0 Å². The van der Waals surface area contributed by atoms with Crippen molar-refractivity contribution in [2.24, 2.45) is 0 Å². The summed E-state index contributed by atoms with van der Waals surface area (Å²) in [6, 6.07) is 7.36. The minimum atomic E-state index is -0.994. The van der Waals surface area contributed by atoms with Gasteiger partial charge >= 0.3 is 0 Å². The number of hydrogen-bond acceptors (Lipinski definition) is 5. The highest BCUT2D eigenvalue weighted by Gasteiger charge is 2.57. The van der Waals surface area contributed by atoms with Crippen molar-refractivity contribution >= 4 is 5.91 Å². The second-order valence-electron chi connectivity index (χ2n) is 5.75. The first-order valence-electron chi connectivity index (χ1n) is 6.88. The van der Waals surface area contributed by atoms with Gasteiger partial charge in [-0.05, 0) is 31.5 Å². The second-order valence-corrected chi connectivity index (χ2v) is 5.75. The van der Waals surface area contributed by atoms with E-state index in [1.165, 1.54) is 4.90 Å². The number of carbonyl (C=O) groups is 1. The Hall–Kier alpha value is -1.63. The van der Waals surface area contributed by atoms with Gasteiger partial charge in [0.15, 0.2) is 18.1 Å². The maximum absolute atomic E-state index is 12.3. The van der Waals surface area contributed by atoms with Crippen LogP contribution in [0, 0.1) is 0 Å². The molecule has 2 aliphatic rings. The van der Waals surface area contributed by atoms with Gasteiger partial charge in [0.05, 0.1) is 7.11 Å². The predicted molar refractivity (Wildman–Crippen MR) is 73.4 cm³/mol. The molecule has 1 aromatic carbocycles. The molecule has 2 fully saturated rings. The Morgan fingerprint density at radius 2 is 1.95 bits per heavy atom. The number of aliphatic hydroxyl groups is 1. The first-order valence-corrected chi connectivity index (χ1v) is 6.88. The molecule has 1 aromatic rings. The molecule has 3 rings (SSSR count). The van der Waals surface area contributed by atoms with Gasteiger partial charge in [-0.15, -0.1) is 0 Å². The van der Waals surface area contributed by atoms with Crippen LogP contribution in [-0.2, 0) is 20.8 Å². The Kier molecular flexibility index (Phi) is 3.39. The van der Waals surface area contributed by atoms with Crippen LogP contribution < -0.4 is 4.74 Å². The van der Waals surface area contributed by atoms with E-state index in [1.807, 2.05) is 24.3 Å². The molecule has 1 unspecified atom stereocenters. The standard InChI is InChI=1S/C15H19NO5/c1-15(2)20-11-12(21-15)14(18)16(13(11)17)8-9-4-6-10(19-3)7-5-9/h4-7,11-13,17H,8H2,1-3H3/t11-,12+,13?/m1/s1. The zero-order valence-electron chi connectivity index (χ0n) is 12.3. The molecule has 3 atom stereocenters. The van der Waals surface area contributed by atoms with Crippen molar-refractivity contribution in [1.82, 2.24) is 4.90 Å². The Morgan fingerprint density at radius 1 is 1.29 bits per heavy atom. The van der Waals surface area contributed by atoms with E-state index in [1.54, 1.807) is 21.0 Å². The van der Waals surface area contributed by atoms with Gasteiger partial charge in [0.25, 0.3) is 5.91 Å². The number of nitrogens with zero attached hydrogens (tertiary/aromatic N) is 1. The molecule has 1 amide bonds. The van der Waals surface area contributed by atoms with Crippen molar-refractivity contribution in [3.05, 3.63) is 29.8 Å². The number of methoxy groups -OCH3 is 1. The van der Waals surface area contributed by atoms with E-state index in [4.69, 9.17) is 14.2 Å². The molecule has 2 saturated heterocycles. The number of carbonyl (C=O) groups excluding carboxylic acids is 1. The monoisotopic (exact) mass is 293 g/mol. The molecule has 0 saturated carbocycles. The number of ether oxygens (including phenoxy) is 3. The summed E-state index contributed by atoms with van der Waals surface area (Å²) < 4.78 is 16.3. The van der Waals surface area contributed by atoms with Crippen LogP contribution in [-0.4, -0.2) is 47.2 Å². The third kappa shape index (κ3) is 2.50. The number of likely N-dealkylation sites (tertiary alicyclic amines) is 1. The van der Waals surface area contributed by atoms with E-state index in [2.05, 4.69) is 0 Å². The van der Waals surface area contributed by atoms with Crippen LogP contribution in [0.4, 0.5) is 0 Å². The normalized spacial score (nSPS) is 30.6. The Bertz CT molecular complexity index is 541. The maximum atomic E-state index is 12.3. The fourth-order valence-electron chi connectivity index (χ4n) is 2.77. The lowest BCUT2D eigenvalue weighted by molar-refractivity contribution is -0.187. The van der Waals surface area contributed by atoms with E-state index in [0.717, 1.165) is 11.3 Å². The molecule has 21 heavy (non-hydrogen) atoms. The first kappa shape index (κ1) is 14.3. The van der Waals surface area contributed by atoms with Crippen molar-refractivity contribution < 1.29 is 24.1 Å². The average Bonchev–Trinajstić information content (AvgIpc) is 2.88. The lowest BCUT2D eigenvalue weighted by atomic mass is 10.2. The van der Waals surface area contributed by atoms with Gasteiger partial charge in [-0.2, -0.15) is 0 Å². The molecule has 0 aromatic heterocycles. The smallest absolute Gasteiger partial charge is 0.257 e. The summed E-state index contributed by atoms with van der Waals surface area (Å²) in [5.74, 6) is -0.329. The second kappa shape index (κ2) is 4.98. The van der Waals surface area contributed by atoms with E-state index in [-0.39, 0.29) is 5.91 Å². The summed E-state index contributed by atoms with van der Waals surface area (Å²) in [7, 11) is 1.60. The third-order valence-corrected chi connectivity index (χ3v) is 3.78. The van der Waals surface area contributed by atoms with Crippen LogP contribution in [0.3, 0.4) is 0 Å². The van der Waals surface area contributed by atoms with Crippen molar-refractivity contribution in [2.75, 3.05) is 7.11 Å². The molecular formula is C15H19NO5. The molecule has 2 aliphatic heterocycles. The summed E-state index contributed by atoms with van der Waals surface area (Å²) in [5, 5.41) is 10.3. The predicted octanol–water partition coefficient (Wildman–Crippen LogP) is 0.876. The molecule has 0 bridgehead atoms. The van der Waals surface area contributed by atoms with Crippen molar-refractivity contribution in [2.45, 2.75) is 44.6 Å². The van der Waals surface area contributed by atoms with Gasteiger partial charge in [0.1, 0.15) is 11.9 Å². The maximum Gasteiger partial charge on any atom is 0.257 e. The first-order chi connectivity index (χ1) is 9.91. The van der Waals surface area contributed by atoms with Gasteiger partial charge < -0.3 is 24.2 Å². The minimum absolute atomic E-state index is 0.242. The highest BCUT2D eigenvalue weighted by Crippen LogP contribution is 2.37. The van der Waals surface area contributed by atoms with Crippen LogP contribution in [0.5, 0.6) is 5.75 Å². The molecule has 0 aliphatic carbocycles. The summed E-state index contributed by atoms with van der Waals surface area (Å²) in [6.07, 6.45) is -2.36. The van der Waals surface area contributed by atoms with Gasteiger partial charge in [0.2, 0.25) is 0 Å². The molecule has 6 nitrogen and oxygen atoms in total. The molecule has 0 spiro atoms. The van der Waals surface area contributed by atoms with E-state index in [9.17, 15) is 9.90 Å². The van der Waals surface area contributed by atoms with Crippen LogP contribution in [0.15, 0.2) is 24.3 Å². The fraction of sp³-hybridized carbons (Fsp3) is 0.533. The van der Waals surface area contributed by atoms with E-state index >= 15 is 0 Å². The topological polar surface area (TPSA) is 68.2 Å². The minimum Gasteiger partial charge on any atom is -0.497 e. The number of fused-ring (bicyclic) bond motifs is 1. The number of benzene rings is 1. The van der Waals surface area contributed by atoms with Gasteiger partial charge in [0, 0.05) is 6.54 Å². The van der Waals surface area contributed by atoms with Crippen LogP contribution in [0.2, 0.25) is 0 Å². The van der Waals surface area contributed by atoms with Crippen LogP contribution in [0.25, 0.3) is 0 Å². The quantitative estimate of drug-likeness (QED) is 0.896. The van der Waals surface area contributed by atoms with Crippen LogP contribution >= 0.6 is 0 Å². The zero-order chi connectivity index (χ0) is 15.2. The zero-order valence-corrected chi connectivity index (χ0v) is 12.3. The van der Waals surface area contributed by atoms with Crippen molar-refractivity contribution in [3.8, 4) is 5.75 Å². The van der Waals surface area contributed by atoms with Gasteiger partial charge in [-0.1, -0.05) is 12.1 Å². The average molecular weight is 293 g/mol. The summed E-state index contributed by atoms with van der Waals surface area (Å²) >= 11 is 0. The molecular weight excluding hydrogens is 274 g/mol. The number of hydrogen-bond donors (Lipinski definition) is 1. The van der Waals surface area contributed by atoms with Gasteiger partial charge in [-0.3, -0.25) is 4.79 Å². The molecule has 114 valence electrons. The molecule has 6 heteroatoms. The Balaban J connectivity index is 1.74. The van der Waals surface area contributed by atoms with E-state index < -0.39 is 24.2 Å². The number of amides is 1.